The fourth-order valence-corrected chi connectivity index (χ4v) is 2.94. The van der Waals surface area contributed by atoms with Gasteiger partial charge in [-0.15, -0.1) is 0 Å². The van der Waals surface area contributed by atoms with E-state index >= 15 is 0 Å². The lowest BCUT2D eigenvalue weighted by Gasteiger charge is -2.25. The SMILES string of the molecule is COCCOc1ccc(C(=O)NC(=S)N(CCC(N)=O)CCc2ccccc2)cc1. The fourth-order valence-electron chi connectivity index (χ4n) is 2.66. The first kappa shape index (κ1) is 23.3. The van der Waals surface area contributed by atoms with Crippen molar-refractivity contribution in [3.63, 3.8) is 0 Å². The molecular weight excluding hydrogens is 402 g/mol. The monoisotopic (exact) mass is 429 g/mol. The van der Waals surface area contributed by atoms with Gasteiger partial charge in [-0.2, -0.15) is 0 Å². The molecule has 0 atom stereocenters. The van der Waals surface area contributed by atoms with E-state index in [0.29, 0.717) is 37.6 Å². The molecule has 0 aliphatic rings. The third-order valence-electron chi connectivity index (χ3n) is 4.32. The summed E-state index contributed by atoms with van der Waals surface area (Å²) in [6, 6.07) is 16.7. The predicted octanol–water partition coefficient (Wildman–Crippen LogP) is 2.15. The normalized spacial score (nSPS) is 10.3. The van der Waals surface area contributed by atoms with E-state index in [-0.39, 0.29) is 17.4 Å². The minimum Gasteiger partial charge on any atom is -0.491 e. The molecule has 0 fully saturated rings. The molecule has 0 aliphatic carbocycles. The summed E-state index contributed by atoms with van der Waals surface area (Å²) in [4.78, 5) is 25.6. The fraction of sp³-hybridized carbons (Fsp3) is 0.318. The van der Waals surface area contributed by atoms with E-state index in [2.05, 4.69) is 5.32 Å². The maximum Gasteiger partial charge on any atom is 0.257 e. The number of rotatable bonds is 11. The summed E-state index contributed by atoms with van der Waals surface area (Å²) in [6.45, 7) is 1.82. The van der Waals surface area contributed by atoms with Crippen molar-refractivity contribution < 1.29 is 19.1 Å². The smallest absolute Gasteiger partial charge is 0.257 e. The second-order valence-electron chi connectivity index (χ2n) is 6.56. The average Bonchev–Trinajstić information content (AvgIpc) is 2.75. The van der Waals surface area contributed by atoms with Crippen LogP contribution in [0.5, 0.6) is 5.75 Å². The Balaban J connectivity index is 1.95. The van der Waals surface area contributed by atoms with E-state index in [0.717, 1.165) is 12.0 Å². The van der Waals surface area contributed by atoms with Gasteiger partial charge in [-0.1, -0.05) is 30.3 Å². The van der Waals surface area contributed by atoms with Gasteiger partial charge in [0.1, 0.15) is 12.4 Å². The quantitative estimate of drug-likeness (QED) is 0.420. The van der Waals surface area contributed by atoms with Gasteiger partial charge in [0.2, 0.25) is 5.91 Å². The molecule has 0 spiro atoms. The standard InChI is InChI=1S/C22H27N3O4S/c1-28-15-16-29-19-9-7-18(8-10-19)21(27)24-22(30)25(14-12-20(23)26)13-11-17-5-3-2-4-6-17/h2-10H,11-16H2,1H3,(H2,23,26)(H,24,27,30). The molecule has 0 aliphatic heterocycles. The Labute approximate surface area is 182 Å². The average molecular weight is 430 g/mol. The molecule has 0 radical (unpaired) electrons. The van der Waals surface area contributed by atoms with Gasteiger partial charge in [-0.05, 0) is 48.5 Å². The summed E-state index contributed by atoms with van der Waals surface area (Å²) in [5.41, 5.74) is 6.87. The number of carbonyl (C=O) groups excluding carboxylic acids is 2. The van der Waals surface area contributed by atoms with Gasteiger partial charge in [0, 0.05) is 32.2 Å². The van der Waals surface area contributed by atoms with Crippen LogP contribution in [0.3, 0.4) is 0 Å². The highest BCUT2D eigenvalue weighted by molar-refractivity contribution is 7.80. The van der Waals surface area contributed by atoms with Crippen molar-refractivity contribution in [2.24, 2.45) is 5.73 Å². The molecule has 0 saturated carbocycles. The van der Waals surface area contributed by atoms with E-state index in [9.17, 15) is 9.59 Å². The van der Waals surface area contributed by atoms with Crippen LogP contribution < -0.4 is 15.8 Å². The van der Waals surface area contributed by atoms with Crippen molar-refractivity contribution in [1.82, 2.24) is 10.2 Å². The molecular formula is C22H27N3O4S. The summed E-state index contributed by atoms with van der Waals surface area (Å²) in [5.74, 6) is -0.0951. The third-order valence-corrected chi connectivity index (χ3v) is 4.68. The lowest BCUT2D eigenvalue weighted by molar-refractivity contribution is -0.118. The number of nitrogens with zero attached hydrogens (tertiary/aromatic N) is 1. The minimum absolute atomic E-state index is 0.151. The Morgan fingerprint density at radius 2 is 1.73 bits per heavy atom. The summed E-state index contributed by atoms with van der Waals surface area (Å²) >= 11 is 5.42. The van der Waals surface area contributed by atoms with Crippen molar-refractivity contribution in [3.05, 3.63) is 65.7 Å². The Morgan fingerprint density at radius 3 is 2.37 bits per heavy atom. The molecule has 2 aromatic rings. The van der Waals surface area contributed by atoms with Crippen LogP contribution in [0.4, 0.5) is 0 Å². The van der Waals surface area contributed by atoms with Crippen LogP contribution in [0.2, 0.25) is 0 Å². The number of nitrogens with two attached hydrogens (primary N) is 1. The van der Waals surface area contributed by atoms with Gasteiger partial charge in [0.25, 0.3) is 5.91 Å². The van der Waals surface area contributed by atoms with E-state index in [1.807, 2.05) is 30.3 Å². The van der Waals surface area contributed by atoms with Crippen molar-refractivity contribution in [2.45, 2.75) is 12.8 Å². The topological polar surface area (TPSA) is 93.9 Å². The van der Waals surface area contributed by atoms with Gasteiger partial charge >= 0.3 is 0 Å². The first-order chi connectivity index (χ1) is 14.5. The van der Waals surface area contributed by atoms with E-state index in [1.165, 1.54) is 0 Å². The van der Waals surface area contributed by atoms with Crippen LogP contribution in [0.1, 0.15) is 22.3 Å². The molecule has 0 bridgehead atoms. The second kappa shape index (κ2) is 12.6. The molecule has 0 saturated heterocycles. The highest BCUT2D eigenvalue weighted by atomic mass is 32.1. The van der Waals surface area contributed by atoms with E-state index in [1.54, 1.807) is 36.3 Å². The summed E-state index contributed by atoms with van der Waals surface area (Å²) < 4.78 is 10.4. The summed E-state index contributed by atoms with van der Waals surface area (Å²) in [6.07, 6.45) is 0.876. The number of methoxy groups -OCH3 is 1. The zero-order chi connectivity index (χ0) is 21.8. The number of ether oxygens (including phenoxy) is 2. The number of thiocarbonyl (C=S) groups is 1. The lowest BCUT2D eigenvalue weighted by atomic mass is 10.1. The van der Waals surface area contributed by atoms with Crippen LogP contribution in [0.25, 0.3) is 0 Å². The van der Waals surface area contributed by atoms with Gasteiger partial charge in [-0.3, -0.25) is 14.9 Å². The van der Waals surface area contributed by atoms with Gasteiger partial charge in [0.15, 0.2) is 5.11 Å². The van der Waals surface area contributed by atoms with E-state index < -0.39 is 5.91 Å². The molecule has 160 valence electrons. The number of primary amides is 1. The Hall–Kier alpha value is -2.97. The lowest BCUT2D eigenvalue weighted by Crippen LogP contribution is -2.44. The molecule has 2 amide bonds. The zero-order valence-corrected chi connectivity index (χ0v) is 17.8. The molecule has 7 nitrogen and oxygen atoms in total. The van der Waals surface area contributed by atoms with Gasteiger partial charge < -0.3 is 20.1 Å². The van der Waals surface area contributed by atoms with Crippen molar-refractivity contribution in [2.75, 3.05) is 33.4 Å². The van der Waals surface area contributed by atoms with Crippen molar-refractivity contribution in [1.29, 1.82) is 0 Å². The number of carbonyl (C=O) groups is 2. The number of amides is 2. The maximum absolute atomic E-state index is 12.6. The van der Waals surface area contributed by atoms with Gasteiger partial charge in [-0.25, -0.2) is 0 Å². The third kappa shape index (κ3) is 8.18. The Bertz CT molecular complexity index is 828. The predicted molar refractivity (Wildman–Crippen MR) is 119 cm³/mol. The maximum atomic E-state index is 12.6. The molecule has 2 rings (SSSR count). The molecule has 0 aromatic heterocycles. The highest BCUT2D eigenvalue weighted by Crippen LogP contribution is 2.12. The van der Waals surface area contributed by atoms with Crippen LogP contribution in [0, 0.1) is 0 Å². The Kier molecular flexibility index (Phi) is 9.76. The van der Waals surface area contributed by atoms with Crippen molar-refractivity contribution in [3.8, 4) is 5.75 Å². The number of nitrogens with one attached hydrogen (secondary N) is 1. The highest BCUT2D eigenvalue weighted by Gasteiger charge is 2.15. The molecule has 30 heavy (non-hydrogen) atoms. The van der Waals surface area contributed by atoms with Gasteiger partial charge in [0.05, 0.1) is 6.61 Å². The van der Waals surface area contributed by atoms with Crippen LogP contribution in [0.15, 0.2) is 54.6 Å². The van der Waals surface area contributed by atoms with E-state index in [4.69, 9.17) is 27.4 Å². The molecule has 0 heterocycles. The van der Waals surface area contributed by atoms with Crippen LogP contribution >= 0.6 is 12.2 Å². The first-order valence-electron chi connectivity index (χ1n) is 9.64. The summed E-state index contributed by atoms with van der Waals surface area (Å²) in [5, 5.41) is 3.00. The molecule has 3 N–H and O–H groups in total. The second-order valence-corrected chi connectivity index (χ2v) is 6.95. The Morgan fingerprint density at radius 1 is 1.03 bits per heavy atom. The number of hydrogen-bond acceptors (Lipinski definition) is 5. The number of hydrogen-bond donors (Lipinski definition) is 2. The van der Waals surface area contributed by atoms with Crippen molar-refractivity contribution >= 4 is 29.1 Å². The first-order valence-corrected chi connectivity index (χ1v) is 10.0. The summed E-state index contributed by atoms with van der Waals surface area (Å²) in [7, 11) is 1.60. The zero-order valence-electron chi connectivity index (χ0n) is 17.0. The molecule has 0 unspecified atom stereocenters. The largest absolute Gasteiger partial charge is 0.491 e. The van der Waals surface area contributed by atoms with Crippen LogP contribution in [-0.4, -0.2) is 55.2 Å². The minimum atomic E-state index is -0.419. The number of benzene rings is 2. The van der Waals surface area contributed by atoms with Crippen LogP contribution in [-0.2, 0) is 16.0 Å². The molecule has 8 heteroatoms. The molecule has 2 aromatic carbocycles.